The summed E-state index contributed by atoms with van der Waals surface area (Å²) in [6, 6.07) is 11.3. The van der Waals surface area contributed by atoms with Crippen LogP contribution in [0.4, 0.5) is 0 Å². The van der Waals surface area contributed by atoms with Gasteiger partial charge in [0.25, 0.3) is 0 Å². The normalized spacial score (nSPS) is 23.9. The first-order valence-corrected chi connectivity index (χ1v) is 8.34. The van der Waals surface area contributed by atoms with Gasteiger partial charge in [-0.05, 0) is 57.2 Å². The molecule has 0 aromatic heterocycles. The van der Waals surface area contributed by atoms with Gasteiger partial charge in [0, 0.05) is 18.1 Å². The predicted octanol–water partition coefficient (Wildman–Crippen LogP) is 2.40. The number of rotatable bonds is 6. The molecule has 1 atom stereocenters. The first kappa shape index (κ1) is 15.0. The summed E-state index contributed by atoms with van der Waals surface area (Å²) in [5, 5.41) is 13.5. The molecule has 3 nitrogen and oxygen atoms in total. The first-order chi connectivity index (χ1) is 10.2. The molecule has 1 saturated carbocycles. The van der Waals surface area contributed by atoms with Crippen LogP contribution >= 0.6 is 0 Å². The molecule has 0 spiro atoms. The maximum Gasteiger partial charge on any atom is 0.0613 e. The zero-order valence-electron chi connectivity index (χ0n) is 13.1. The lowest BCUT2D eigenvalue weighted by molar-refractivity contribution is 0.113. The van der Waals surface area contributed by atoms with Crippen molar-refractivity contribution in [3.63, 3.8) is 0 Å². The molecule has 1 aromatic carbocycles. The van der Waals surface area contributed by atoms with E-state index in [-0.39, 0.29) is 12.1 Å². The highest BCUT2D eigenvalue weighted by atomic mass is 16.3. The van der Waals surface area contributed by atoms with Crippen LogP contribution in [0.15, 0.2) is 30.3 Å². The summed E-state index contributed by atoms with van der Waals surface area (Å²) in [7, 11) is 0. The summed E-state index contributed by atoms with van der Waals surface area (Å²) in [4.78, 5) is 2.54. The number of aliphatic hydroxyl groups is 1. The monoisotopic (exact) mass is 288 g/mol. The summed E-state index contributed by atoms with van der Waals surface area (Å²) in [5.41, 5.74) is 1.36. The lowest BCUT2D eigenvalue weighted by Crippen LogP contribution is -2.55. The molecule has 1 heterocycles. The summed E-state index contributed by atoms with van der Waals surface area (Å²) in [6.45, 7) is 5.83. The first-order valence-electron chi connectivity index (χ1n) is 8.34. The van der Waals surface area contributed by atoms with Gasteiger partial charge in [-0.3, -0.25) is 4.90 Å². The van der Waals surface area contributed by atoms with E-state index >= 15 is 0 Å². The SMILES string of the molecule is CC(CO)(NC1CCN(Cc2ccccc2)CC1)C1CC1. The van der Waals surface area contributed by atoms with Crippen LogP contribution in [0.2, 0.25) is 0 Å². The third-order valence-electron chi connectivity index (χ3n) is 5.18. The molecule has 116 valence electrons. The molecule has 2 fully saturated rings. The number of hydrogen-bond acceptors (Lipinski definition) is 3. The molecule has 1 aromatic rings. The van der Waals surface area contributed by atoms with Crippen LogP contribution < -0.4 is 5.32 Å². The molecule has 1 aliphatic heterocycles. The minimum Gasteiger partial charge on any atom is -0.394 e. The Kier molecular flexibility index (Phi) is 4.63. The van der Waals surface area contributed by atoms with Crippen LogP contribution in [0.1, 0.15) is 38.2 Å². The zero-order chi connectivity index (χ0) is 14.7. The van der Waals surface area contributed by atoms with E-state index in [9.17, 15) is 5.11 Å². The van der Waals surface area contributed by atoms with Crippen LogP contribution in [0.3, 0.4) is 0 Å². The Bertz CT molecular complexity index is 438. The molecule has 2 N–H and O–H groups in total. The maximum absolute atomic E-state index is 9.70. The van der Waals surface area contributed by atoms with Gasteiger partial charge >= 0.3 is 0 Å². The van der Waals surface area contributed by atoms with Crippen LogP contribution in [-0.2, 0) is 6.54 Å². The van der Waals surface area contributed by atoms with Gasteiger partial charge in [-0.2, -0.15) is 0 Å². The van der Waals surface area contributed by atoms with Gasteiger partial charge in [-0.15, -0.1) is 0 Å². The second-order valence-electron chi connectivity index (χ2n) is 7.03. The summed E-state index contributed by atoms with van der Waals surface area (Å²) < 4.78 is 0. The number of nitrogens with one attached hydrogen (secondary N) is 1. The van der Waals surface area contributed by atoms with Crippen LogP contribution in [0, 0.1) is 5.92 Å². The molecule has 2 aliphatic rings. The van der Waals surface area contributed by atoms with E-state index in [2.05, 4.69) is 47.5 Å². The van der Waals surface area contributed by atoms with Crippen molar-refractivity contribution in [3.05, 3.63) is 35.9 Å². The molecule has 3 rings (SSSR count). The number of hydrogen-bond donors (Lipinski definition) is 2. The van der Waals surface area contributed by atoms with Gasteiger partial charge in [-0.25, -0.2) is 0 Å². The van der Waals surface area contributed by atoms with E-state index in [1.165, 1.54) is 31.2 Å². The topological polar surface area (TPSA) is 35.5 Å². The lowest BCUT2D eigenvalue weighted by atomic mass is 9.93. The van der Waals surface area contributed by atoms with Crippen LogP contribution in [-0.4, -0.2) is 41.3 Å². The summed E-state index contributed by atoms with van der Waals surface area (Å²) >= 11 is 0. The third-order valence-corrected chi connectivity index (χ3v) is 5.18. The molecular weight excluding hydrogens is 260 g/mol. The fraction of sp³-hybridized carbons (Fsp3) is 0.667. The Labute approximate surface area is 128 Å². The Morgan fingerprint density at radius 1 is 1.14 bits per heavy atom. The average molecular weight is 288 g/mol. The van der Waals surface area contributed by atoms with E-state index < -0.39 is 0 Å². The highest BCUT2D eigenvalue weighted by molar-refractivity contribution is 5.14. The minimum atomic E-state index is -0.0493. The van der Waals surface area contributed by atoms with Gasteiger partial charge in [0.1, 0.15) is 0 Å². The van der Waals surface area contributed by atoms with Gasteiger partial charge in [0.15, 0.2) is 0 Å². The fourth-order valence-electron chi connectivity index (χ4n) is 3.56. The van der Waals surface area contributed by atoms with Gasteiger partial charge in [0.05, 0.1) is 6.61 Å². The predicted molar refractivity (Wildman–Crippen MR) is 86.1 cm³/mol. The molecule has 0 amide bonds. The van der Waals surface area contributed by atoms with Crippen molar-refractivity contribution in [1.29, 1.82) is 0 Å². The smallest absolute Gasteiger partial charge is 0.0613 e. The van der Waals surface area contributed by atoms with Gasteiger partial charge < -0.3 is 10.4 Å². The minimum absolute atomic E-state index is 0.0493. The van der Waals surface area contributed by atoms with E-state index in [1.807, 2.05) is 0 Å². The molecule has 1 unspecified atom stereocenters. The second-order valence-corrected chi connectivity index (χ2v) is 7.03. The number of benzene rings is 1. The molecule has 1 saturated heterocycles. The van der Waals surface area contributed by atoms with Crippen molar-refractivity contribution in [2.45, 2.75) is 50.7 Å². The number of likely N-dealkylation sites (tertiary alicyclic amines) is 1. The third kappa shape index (κ3) is 3.85. The zero-order valence-corrected chi connectivity index (χ0v) is 13.1. The van der Waals surface area contributed by atoms with Crippen molar-refractivity contribution in [2.24, 2.45) is 5.92 Å². The van der Waals surface area contributed by atoms with E-state index in [1.54, 1.807) is 0 Å². The number of aliphatic hydroxyl groups excluding tert-OH is 1. The largest absolute Gasteiger partial charge is 0.394 e. The Morgan fingerprint density at radius 3 is 2.38 bits per heavy atom. The molecule has 21 heavy (non-hydrogen) atoms. The average Bonchev–Trinajstić information content (AvgIpc) is 3.35. The number of piperidine rings is 1. The Balaban J connectivity index is 1.46. The lowest BCUT2D eigenvalue weighted by Gasteiger charge is -2.39. The highest BCUT2D eigenvalue weighted by Crippen LogP contribution is 2.39. The Morgan fingerprint density at radius 2 is 1.81 bits per heavy atom. The molecular formula is C18H28N2O. The quantitative estimate of drug-likeness (QED) is 0.844. The molecule has 3 heteroatoms. The van der Waals surface area contributed by atoms with Gasteiger partial charge in [-0.1, -0.05) is 30.3 Å². The van der Waals surface area contributed by atoms with E-state index in [0.29, 0.717) is 12.0 Å². The highest BCUT2D eigenvalue weighted by Gasteiger charge is 2.42. The summed E-state index contributed by atoms with van der Waals surface area (Å²) in [5.74, 6) is 0.685. The van der Waals surface area contributed by atoms with Crippen molar-refractivity contribution in [3.8, 4) is 0 Å². The standard InChI is InChI=1S/C18H28N2O/c1-18(14-21,16-7-8-16)19-17-9-11-20(12-10-17)13-15-5-3-2-4-6-15/h2-6,16-17,19,21H,7-14H2,1H3. The van der Waals surface area contributed by atoms with Crippen molar-refractivity contribution >= 4 is 0 Å². The van der Waals surface area contributed by atoms with Crippen LogP contribution in [0.5, 0.6) is 0 Å². The van der Waals surface area contributed by atoms with E-state index in [4.69, 9.17) is 0 Å². The molecule has 0 radical (unpaired) electrons. The van der Waals surface area contributed by atoms with Crippen LogP contribution in [0.25, 0.3) is 0 Å². The maximum atomic E-state index is 9.70. The second kappa shape index (κ2) is 6.47. The molecule has 0 bridgehead atoms. The summed E-state index contributed by atoms with van der Waals surface area (Å²) in [6.07, 6.45) is 4.93. The molecule has 1 aliphatic carbocycles. The van der Waals surface area contributed by atoms with Crippen molar-refractivity contribution in [2.75, 3.05) is 19.7 Å². The fourth-order valence-corrected chi connectivity index (χ4v) is 3.56. The number of nitrogens with zero attached hydrogens (tertiary/aromatic N) is 1. The Hall–Kier alpha value is -0.900. The van der Waals surface area contributed by atoms with E-state index in [0.717, 1.165) is 19.6 Å². The van der Waals surface area contributed by atoms with Gasteiger partial charge in [0.2, 0.25) is 0 Å². The van der Waals surface area contributed by atoms with Crippen molar-refractivity contribution < 1.29 is 5.11 Å². The van der Waals surface area contributed by atoms with Crippen molar-refractivity contribution in [1.82, 2.24) is 10.2 Å².